The number of anilines is 1. The molecule has 27 heavy (non-hydrogen) atoms. The molecule has 0 aliphatic heterocycles. The summed E-state index contributed by atoms with van der Waals surface area (Å²) in [4.78, 5) is 0. The molecule has 0 radical (unpaired) electrons. The van der Waals surface area contributed by atoms with E-state index in [9.17, 15) is 8.42 Å². The molecule has 0 spiro atoms. The Morgan fingerprint density at radius 3 is 1.96 bits per heavy atom. The van der Waals surface area contributed by atoms with Crippen LogP contribution in [0.3, 0.4) is 0 Å². The predicted octanol–water partition coefficient (Wildman–Crippen LogP) is 4.46. The van der Waals surface area contributed by atoms with Gasteiger partial charge in [0.15, 0.2) is 0 Å². The van der Waals surface area contributed by atoms with Gasteiger partial charge in [-0.2, -0.15) is 18.6 Å². The molecule has 8 heteroatoms. The van der Waals surface area contributed by atoms with Gasteiger partial charge in [-0.25, -0.2) is 0 Å². The number of hydrogen-bond acceptors (Lipinski definition) is 6. The number of phenolic OH excluding ortho intramolecular Hbond substituents is 1. The number of hydrogen-bond donors (Lipinski definition) is 3. The van der Waals surface area contributed by atoms with Gasteiger partial charge in [0, 0.05) is 5.69 Å². The number of azo groups is 1. The van der Waals surface area contributed by atoms with Crippen molar-refractivity contribution >= 4 is 27.2 Å². The summed E-state index contributed by atoms with van der Waals surface area (Å²) in [6.07, 6.45) is 0. The van der Waals surface area contributed by atoms with E-state index in [0.29, 0.717) is 5.56 Å². The highest BCUT2D eigenvalue weighted by molar-refractivity contribution is 7.85. The van der Waals surface area contributed by atoms with E-state index in [-0.39, 0.29) is 5.75 Å². The molecular weight excluding hydrogens is 366 g/mol. The van der Waals surface area contributed by atoms with Crippen LogP contribution in [0, 0.1) is 0 Å². The van der Waals surface area contributed by atoms with E-state index in [4.69, 9.17) is 15.4 Å². The smallest absolute Gasteiger partial charge is 0.269 e. The number of nitrogen functional groups attached to an aromatic ring is 1. The molecule has 4 N–H and O–H groups in total. The molecule has 0 fully saturated rings. The van der Waals surface area contributed by atoms with Gasteiger partial charge < -0.3 is 10.8 Å². The largest absolute Gasteiger partial charge is 0.508 e. The number of phenols is 1. The van der Waals surface area contributed by atoms with Crippen LogP contribution in [-0.2, 0) is 15.9 Å². The molecule has 0 bridgehead atoms. The van der Waals surface area contributed by atoms with E-state index in [1.165, 1.54) is 24.3 Å². The Morgan fingerprint density at radius 1 is 0.815 bits per heavy atom. The maximum Gasteiger partial charge on any atom is 0.269 e. The summed E-state index contributed by atoms with van der Waals surface area (Å²) in [5, 5.41) is 17.1. The fourth-order valence-corrected chi connectivity index (χ4v) is 2.61. The highest BCUT2D eigenvalue weighted by atomic mass is 32.2. The standard InChI is InChI=1S/C12H11N3.C7H8O4S/c13-10-6-8-12(9-7-10)15-14-11-4-2-1-3-5-11;8-7-3-1-2-6(4-7)5-12(9,10)11/h1-9H,13H2;1-4,8H,5H2,(H,9,10,11). The number of nitrogens with zero attached hydrogens (tertiary/aromatic N) is 2. The first-order valence-corrected chi connectivity index (χ1v) is 9.48. The van der Waals surface area contributed by atoms with Crippen LogP contribution in [0.4, 0.5) is 17.1 Å². The average molecular weight is 385 g/mol. The second kappa shape index (κ2) is 9.46. The minimum atomic E-state index is -4.01. The summed E-state index contributed by atoms with van der Waals surface area (Å²) >= 11 is 0. The van der Waals surface area contributed by atoms with Crippen LogP contribution in [0.15, 0.2) is 89.1 Å². The Hall–Kier alpha value is -3.23. The molecule has 0 aromatic heterocycles. The molecule has 0 unspecified atom stereocenters. The average Bonchev–Trinajstić information content (AvgIpc) is 2.61. The zero-order chi connectivity index (χ0) is 19.7. The number of nitrogens with two attached hydrogens (primary N) is 1. The first-order chi connectivity index (χ1) is 12.8. The molecule has 0 saturated carbocycles. The lowest BCUT2D eigenvalue weighted by atomic mass is 10.2. The van der Waals surface area contributed by atoms with Crippen LogP contribution in [0.5, 0.6) is 5.75 Å². The van der Waals surface area contributed by atoms with E-state index >= 15 is 0 Å². The lowest BCUT2D eigenvalue weighted by Gasteiger charge is -1.97. The van der Waals surface area contributed by atoms with Crippen molar-refractivity contribution in [1.29, 1.82) is 0 Å². The van der Waals surface area contributed by atoms with Gasteiger partial charge in [-0.15, -0.1) is 0 Å². The molecule has 3 aromatic carbocycles. The molecule has 0 heterocycles. The van der Waals surface area contributed by atoms with E-state index in [2.05, 4.69) is 10.2 Å². The molecule has 0 aliphatic carbocycles. The van der Waals surface area contributed by atoms with Crippen molar-refractivity contribution in [2.45, 2.75) is 5.75 Å². The van der Waals surface area contributed by atoms with Crippen molar-refractivity contribution in [1.82, 2.24) is 0 Å². The van der Waals surface area contributed by atoms with Gasteiger partial charge in [0.25, 0.3) is 10.1 Å². The van der Waals surface area contributed by atoms with E-state index in [0.717, 1.165) is 17.1 Å². The Balaban J connectivity index is 0.000000199. The Morgan fingerprint density at radius 2 is 1.41 bits per heavy atom. The normalized spacial score (nSPS) is 11.0. The molecule has 140 valence electrons. The third-order valence-corrected chi connectivity index (χ3v) is 3.89. The fourth-order valence-electron chi connectivity index (χ4n) is 2.01. The second-order valence-corrected chi connectivity index (χ2v) is 6.98. The van der Waals surface area contributed by atoms with Gasteiger partial charge >= 0.3 is 0 Å². The van der Waals surface area contributed by atoms with Gasteiger partial charge in [0.1, 0.15) is 11.5 Å². The Labute approximate surface area is 157 Å². The minimum Gasteiger partial charge on any atom is -0.508 e. The fraction of sp³-hybridized carbons (Fsp3) is 0.0526. The Bertz CT molecular complexity index is 989. The summed E-state index contributed by atoms with van der Waals surface area (Å²) in [7, 11) is -4.01. The monoisotopic (exact) mass is 385 g/mol. The molecule has 7 nitrogen and oxygen atoms in total. The summed E-state index contributed by atoms with van der Waals surface area (Å²) in [6, 6.07) is 22.6. The summed E-state index contributed by atoms with van der Waals surface area (Å²) < 4.78 is 29.2. The second-order valence-electron chi connectivity index (χ2n) is 5.52. The van der Waals surface area contributed by atoms with Crippen LogP contribution in [0.2, 0.25) is 0 Å². The predicted molar refractivity (Wildman–Crippen MR) is 105 cm³/mol. The number of aromatic hydroxyl groups is 1. The van der Waals surface area contributed by atoms with Crippen molar-refractivity contribution in [3.05, 3.63) is 84.4 Å². The van der Waals surface area contributed by atoms with E-state index in [1.54, 1.807) is 12.1 Å². The van der Waals surface area contributed by atoms with E-state index < -0.39 is 15.9 Å². The van der Waals surface area contributed by atoms with E-state index in [1.807, 2.05) is 42.5 Å². The van der Waals surface area contributed by atoms with Gasteiger partial charge in [-0.3, -0.25) is 4.55 Å². The van der Waals surface area contributed by atoms with Gasteiger partial charge in [-0.05, 0) is 54.1 Å². The van der Waals surface area contributed by atoms with Crippen molar-refractivity contribution < 1.29 is 18.1 Å². The molecule has 0 amide bonds. The van der Waals surface area contributed by atoms with Crippen LogP contribution in [0.1, 0.15) is 5.56 Å². The highest BCUT2D eigenvalue weighted by Gasteiger charge is 2.06. The van der Waals surface area contributed by atoms with Crippen molar-refractivity contribution in [3.8, 4) is 5.75 Å². The minimum absolute atomic E-state index is 0.0175. The highest BCUT2D eigenvalue weighted by Crippen LogP contribution is 2.18. The first-order valence-electron chi connectivity index (χ1n) is 7.87. The maximum absolute atomic E-state index is 10.4. The van der Waals surface area contributed by atoms with Crippen LogP contribution >= 0.6 is 0 Å². The quantitative estimate of drug-likeness (QED) is 0.347. The molecule has 0 atom stereocenters. The molecule has 0 aliphatic rings. The summed E-state index contributed by atoms with van der Waals surface area (Å²) in [5.74, 6) is -0.488. The summed E-state index contributed by atoms with van der Waals surface area (Å²) in [6.45, 7) is 0. The molecule has 0 saturated heterocycles. The SMILES string of the molecule is Nc1ccc(N=Nc2ccccc2)cc1.O=S(=O)(O)Cc1cccc(O)c1. The first kappa shape index (κ1) is 20.1. The zero-order valence-corrected chi connectivity index (χ0v) is 15.1. The number of rotatable bonds is 4. The maximum atomic E-state index is 10.4. The molecular formula is C19H19N3O4S. The van der Waals surface area contributed by atoms with Crippen LogP contribution in [-0.4, -0.2) is 18.1 Å². The van der Waals surface area contributed by atoms with Crippen LogP contribution < -0.4 is 5.73 Å². The van der Waals surface area contributed by atoms with Crippen molar-refractivity contribution in [2.75, 3.05) is 5.73 Å². The van der Waals surface area contributed by atoms with Gasteiger partial charge in [0.05, 0.1) is 11.4 Å². The zero-order valence-electron chi connectivity index (χ0n) is 14.3. The summed E-state index contributed by atoms with van der Waals surface area (Å²) in [5.41, 5.74) is 8.29. The molecule has 3 aromatic rings. The van der Waals surface area contributed by atoms with Crippen molar-refractivity contribution in [2.24, 2.45) is 10.2 Å². The lowest BCUT2D eigenvalue weighted by molar-refractivity contribution is 0.473. The third kappa shape index (κ3) is 8.13. The third-order valence-electron chi connectivity index (χ3n) is 3.19. The van der Waals surface area contributed by atoms with Crippen molar-refractivity contribution in [3.63, 3.8) is 0 Å². The topological polar surface area (TPSA) is 125 Å². The molecule has 3 rings (SSSR count). The van der Waals surface area contributed by atoms with Crippen LogP contribution in [0.25, 0.3) is 0 Å². The number of benzene rings is 3. The van der Waals surface area contributed by atoms with Gasteiger partial charge in [0.2, 0.25) is 0 Å². The van der Waals surface area contributed by atoms with Gasteiger partial charge in [-0.1, -0.05) is 30.3 Å². The lowest BCUT2D eigenvalue weighted by Crippen LogP contribution is -2.00. The Kier molecular flexibility index (Phi) is 7.04.